The summed E-state index contributed by atoms with van der Waals surface area (Å²) in [5, 5.41) is 4.22. The first-order valence-electron chi connectivity index (χ1n) is 9.17. The minimum atomic E-state index is 0.127. The van der Waals surface area contributed by atoms with Gasteiger partial charge in [0.2, 0.25) is 0 Å². The lowest BCUT2D eigenvalue weighted by molar-refractivity contribution is 0.0787. The number of carbonyl (C=O) groups is 1. The van der Waals surface area contributed by atoms with E-state index in [-0.39, 0.29) is 5.91 Å². The normalized spacial score (nSPS) is 20.0. The zero-order valence-corrected chi connectivity index (χ0v) is 14.7. The first kappa shape index (κ1) is 16.2. The van der Waals surface area contributed by atoms with Crippen LogP contribution in [0.1, 0.15) is 35.2 Å². The number of aryl methyl sites for hydroxylation is 1. The molecule has 1 saturated heterocycles. The predicted molar refractivity (Wildman–Crippen MR) is 95.6 cm³/mol. The van der Waals surface area contributed by atoms with Crippen molar-refractivity contribution in [3.8, 4) is 5.75 Å². The highest BCUT2D eigenvalue weighted by atomic mass is 16.5. The molecule has 2 fully saturated rings. The molecule has 0 unspecified atom stereocenters. The van der Waals surface area contributed by atoms with Gasteiger partial charge in [0.1, 0.15) is 5.75 Å². The van der Waals surface area contributed by atoms with Crippen LogP contribution in [0.15, 0.2) is 36.7 Å². The molecule has 0 radical (unpaired) electrons. The molecule has 0 bridgehead atoms. The Hall–Kier alpha value is -2.30. The molecule has 0 N–H and O–H groups in total. The second-order valence-electron chi connectivity index (χ2n) is 7.41. The molecule has 5 nitrogen and oxygen atoms in total. The van der Waals surface area contributed by atoms with Crippen LogP contribution in [0, 0.1) is 11.8 Å². The number of rotatable bonds is 6. The molecule has 1 aromatic heterocycles. The Morgan fingerprint density at radius 3 is 2.68 bits per heavy atom. The van der Waals surface area contributed by atoms with Crippen LogP contribution in [0.25, 0.3) is 0 Å². The summed E-state index contributed by atoms with van der Waals surface area (Å²) in [5.74, 6) is 2.25. The number of hydrogen-bond acceptors (Lipinski definition) is 3. The minimum Gasteiger partial charge on any atom is -0.493 e. The van der Waals surface area contributed by atoms with Crippen LogP contribution in [-0.4, -0.2) is 40.3 Å². The largest absolute Gasteiger partial charge is 0.493 e. The molecule has 25 heavy (non-hydrogen) atoms. The predicted octanol–water partition coefficient (Wildman–Crippen LogP) is 2.91. The molecule has 2 aliphatic rings. The van der Waals surface area contributed by atoms with Crippen LogP contribution in [0.4, 0.5) is 0 Å². The summed E-state index contributed by atoms with van der Waals surface area (Å²) in [7, 11) is 1.94. The lowest BCUT2D eigenvalue weighted by Crippen LogP contribution is -2.28. The van der Waals surface area contributed by atoms with Crippen molar-refractivity contribution in [2.45, 2.75) is 25.7 Å². The number of amides is 1. The second kappa shape index (κ2) is 6.90. The van der Waals surface area contributed by atoms with Gasteiger partial charge in [0.25, 0.3) is 5.91 Å². The maximum Gasteiger partial charge on any atom is 0.253 e. The standard InChI is InChI=1S/C20H25N3O2/c1-22-12-17(11-21-22)10-16-8-9-23(13-16)20(24)18-4-6-19(7-5-18)25-14-15-2-3-15/h4-7,11-12,15-16H,2-3,8-10,13-14H2,1H3/t16-/m0/s1. The molecule has 1 saturated carbocycles. The van der Waals surface area contributed by atoms with Gasteiger partial charge in [-0.25, -0.2) is 0 Å². The Balaban J connectivity index is 1.31. The summed E-state index contributed by atoms with van der Waals surface area (Å²) in [5.41, 5.74) is 2.00. The minimum absolute atomic E-state index is 0.127. The highest BCUT2D eigenvalue weighted by Gasteiger charge is 2.27. The first-order valence-corrected chi connectivity index (χ1v) is 9.17. The molecule has 0 spiro atoms. The Morgan fingerprint density at radius 1 is 1.20 bits per heavy atom. The van der Waals surface area contributed by atoms with Crippen LogP contribution in [0.5, 0.6) is 5.75 Å². The van der Waals surface area contributed by atoms with E-state index in [1.165, 1.54) is 18.4 Å². The van der Waals surface area contributed by atoms with E-state index in [9.17, 15) is 4.79 Å². The number of likely N-dealkylation sites (tertiary alicyclic amines) is 1. The molecule has 1 amide bonds. The Morgan fingerprint density at radius 2 is 2.00 bits per heavy atom. The third-order valence-corrected chi connectivity index (χ3v) is 5.14. The molecule has 132 valence electrons. The second-order valence-corrected chi connectivity index (χ2v) is 7.41. The van der Waals surface area contributed by atoms with Crippen molar-refractivity contribution >= 4 is 5.91 Å². The fourth-order valence-electron chi connectivity index (χ4n) is 3.47. The van der Waals surface area contributed by atoms with Crippen molar-refractivity contribution in [2.75, 3.05) is 19.7 Å². The van der Waals surface area contributed by atoms with Crippen molar-refractivity contribution in [1.82, 2.24) is 14.7 Å². The molecule has 1 aliphatic carbocycles. The number of hydrogen-bond donors (Lipinski definition) is 0. The van der Waals surface area contributed by atoms with Gasteiger partial charge in [-0.1, -0.05) is 0 Å². The SMILES string of the molecule is Cn1cc(C[C@@H]2CCN(C(=O)c3ccc(OCC4CC4)cc3)C2)cn1. The van der Waals surface area contributed by atoms with E-state index in [1.54, 1.807) is 0 Å². The topological polar surface area (TPSA) is 47.4 Å². The molecule has 5 heteroatoms. The Kier molecular flexibility index (Phi) is 4.47. The summed E-state index contributed by atoms with van der Waals surface area (Å²) >= 11 is 0. The van der Waals surface area contributed by atoms with Crippen LogP contribution in [-0.2, 0) is 13.5 Å². The van der Waals surface area contributed by atoms with E-state index in [0.29, 0.717) is 5.92 Å². The highest BCUT2D eigenvalue weighted by Crippen LogP contribution is 2.29. The number of nitrogens with zero attached hydrogens (tertiary/aromatic N) is 3. The maximum atomic E-state index is 12.7. The molecule has 1 aliphatic heterocycles. The van der Waals surface area contributed by atoms with Crippen molar-refractivity contribution in [3.05, 3.63) is 47.8 Å². The fraction of sp³-hybridized carbons (Fsp3) is 0.500. The van der Waals surface area contributed by atoms with E-state index in [0.717, 1.165) is 49.8 Å². The number of carbonyl (C=O) groups excluding carboxylic acids is 1. The van der Waals surface area contributed by atoms with E-state index in [1.807, 2.05) is 47.1 Å². The van der Waals surface area contributed by atoms with Gasteiger partial charge in [0, 0.05) is 31.9 Å². The van der Waals surface area contributed by atoms with Crippen LogP contribution in [0.3, 0.4) is 0 Å². The zero-order valence-electron chi connectivity index (χ0n) is 14.7. The summed E-state index contributed by atoms with van der Waals surface area (Å²) in [4.78, 5) is 14.7. The lowest BCUT2D eigenvalue weighted by Gasteiger charge is -2.17. The highest BCUT2D eigenvalue weighted by molar-refractivity contribution is 5.94. The van der Waals surface area contributed by atoms with Crippen molar-refractivity contribution in [3.63, 3.8) is 0 Å². The lowest BCUT2D eigenvalue weighted by atomic mass is 10.0. The molecule has 1 atom stereocenters. The molecule has 4 rings (SSSR count). The van der Waals surface area contributed by atoms with Gasteiger partial charge in [0.15, 0.2) is 0 Å². The summed E-state index contributed by atoms with van der Waals surface area (Å²) in [6.45, 7) is 2.47. The Labute approximate surface area is 148 Å². The summed E-state index contributed by atoms with van der Waals surface area (Å²) < 4.78 is 7.58. The fourth-order valence-corrected chi connectivity index (χ4v) is 3.47. The third kappa shape index (κ3) is 4.03. The molecular formula is C20H25N3O2. The quantitative estimate of drug-likeness (QED) is 0.813. The maximum absolute atomic E-state index is 12.7. The first-order chi connectivity index (χ1) is 12.2. The molecule has 2 heterocycles. The average molecular weight is 339 g/mol. The summed E-state index contributed by atoms with van der Waals surface area (Å²) in [6, 6.07) is 7.61. The molecular weight excluding hydrogens is 314 g/mol. The molecule has 1 aromatic carbocycles. The van der Waals surface area contributed by atoms with Crippen molar-refractivity contribution in [1.29, 1.82) is 0 Å². The van der Waals surface area contributed by atoms with Gasteiger partial charge in [-0.15, -0.1) is 0 Å². The van der Waals surface area contributed by atoms with E-state index < -0.39 is 0 Å². The number of benzene rings is 1. The summed E-state index contributed by atoms with van der Waals surface area (Å²) in [6.07, 6.45) is 8.60. The van der Waals surface area contributed by atoms with E-state index in [4.69, 9.17) is 4.74 Å². The van der Waals surface area contributed by atoms with Crippen LogP contribution >= 0.6 is 0 Å². The smallest absolute Gasteiger partial charge is 0.253 e. The van der Waals surface area contributed by atoms with Crippen LogP contribution < -0.4 is 4.74 Å². The zero-order chi connectivity index (χ0) is 17.2. The third-order valence-electron chi connectivity index (χ3n) is 5.14. The van der Waals surface area contributed by atoms with Gasteiger partial charge in [-0.2, -0.15) is 5.10 Å². The average Bonchev–Trinajstić information content (AvgIpc) is 3.19. The van der Waals surface area contributed by atoms with Gasteiger partial charge in [-0.05, 0) is 67.3 Å². The molecule has 2 aromatic rings. The monoisotopic (exact) mass is 339 g/mol. The van der Waals surface area contributed by atoms with Crippen molar-refractivity contribution in [2.24, 2.45) is 18.9 Å². The van der Waals surface area contributed by atoms with E-state index >= 15 is 0 Å². The number of aromatic nitrogens is 2. The van der Waals surface area contributed by atoms with Crippen molar-refractivity contribution < 1.29 is 9.53 Å². The van der Waals surface area contributed by atoms with Crippen LogP contribution in [0.2, 0.25) is 0 Å². The van der Waals surface area contributed by atoms with E-state index in [2.05, 4.69) is 11.3 Å². The number of ether oxygens (including phenoxy) is 1. The van der Waals surface area contributed by atoms with Gasteiger partial charge < -0.3 is 9.64 Å². The van der Waals surface area contributed by atoms with Gasteiger partial charge >= 0.3 is 0 Å². The van der Waals surface area contributed by atoms with Gasteiger partial charge in [0.05, 0.1) is 12.8 Å². The Bertz CT molecular complexity index is 734. The van der Waals surface area contributed by atoms with Gasteiger partial charge in [-0.3, -0.25) is 9.48 Å².